The normalized spacial score (nSPS) is 18.9. The first-order valence-electron chi connectivity index (χ1n) is 8.03. The molecule has 0 radical (unpaired) electrons. The van der Waals surface area contributed by atoms with E-state index in [1.54, 1.807) is 30.3 Å². The van der Waals surface area contributed by atoms with Gasteiger partial charge in [0.25, 0.3) is 0 Å². The molecule has 2 aromatic rings. The molecule has 0 heterocycles. The Morgan fingerprint density at radius 3 is 1.96 bits per heavy atom. The van der Waals surface area contributed by atoms with Crippen molar-refractivity contribution in [3.8, 4) is 11.5 Å². The lowest BCUT2D eigenvalue weighted by atomic mass is 10.0. The van der Waals surface area contributed by atoms with Crippen molar-refractivity contribution in [3.05, 3.63) is 80.9 Å². The van der Waals surface area contributed by atoms with Crippen molar-refractivity contribution in [2.24, 2.45) is 0 Å². The van der Waals surface area contributed by atoms with E-state index in [-0.39, 0.29) is 22.9 Å². The first-order chi connectivity index (χ1) is 12.6. The minimum atomic E-state index is -0.593. The van der Waals surface area contributed by atoms with Gasteiger partial charge in [0.15, 0.2) is 17.6 Å². The first kappa shape index (κ1) is 17.4. The third kappa shape index (κ3) is 3.80. The molecule has 1 aliphatic rings. The van der Waals surface area contributed by atoms with Crippen molar-refractivity contribution >= 4 is 11.4 Å². The lowest BCUT2D eigenvalue weighted by Gasteiger charge is -2.28. The summed E-state index contributed by atoms with van der Waals surface area (Å²) >= 11 is 0. The lowest BCUT2D eigenvalue weighted by Crippen LogP contribution is -2.37. The number of hydrogen-bond acceptors (Lipinski definition) is 6. The van der Waals surface area contributed by atoms with Crippen molar-refractivity contribution in [2.75, 3.05) is 0 Å². The van der Waals surface area contributed by atoms with Gasteiger partial charge in [-0.25, -0.2) is 0 Å². The van der Waals surface area contributed by atoms with Gasteiger partial charge in [-0.3, -0.25) is 20.2 Å². The molecule has 0 fully saturated rings. The number of allylic oxidation sites excluding steroid dienone is 1. The Hall–Kier alpha value is -3.42. The molecule has 0 N–H and O–H groups in total. The van der Waals surface area contributed by atoms with Crippen molar-refractivity contribution in [1.82, 2.24) is 0 Å². The maximum absolute atomic E-state index is 11.2. The molecule has 2 atom stereocenters. The van der Waals surface area contributed by atoms with E-state index >= 15 is 0 Å². The standard InChI is InChI=1S/C18H16N2O6/c21-19(22)13-7-1-3-9-15(13)25-17-11-5-6-12-18(17)26-16-10-4-2-8-14(16)20(23)24/h1-5,7-11,17-18H,6,12H2/t17-,18-/m0/s1. The van der Waals surface area contributed by atoms with Gasteiger partial charge in [0.1, 0.15) is 6.10 Å². The molecule has 2 aromatic carbocycles. The van der Waals surface area contributed by atoms with Gasteiger partial charge in [-0.15, -0.1) is 0 Å². The summed E-state index contributed by atoms with van der Waals surface area (Å²) in [5, 5.41) is 22.3. The van der Waals surface area contributed by atoms with Crippen LogP contribution in [0.2, 0.25) is 0 Å². The molecule has 0 saturated carbocycles. The Bertz CT molecular complexity index is 851. The fourth-order valence-corrected chi connectivity index (χ4v) is 2.75. The molecule has 0 aromatic heterocycles. The highest BCUT2D eigenvalue weighted by molar-refractivity contribution is 5.47. The van der Waals surface area contributed by atoms with E-state index in [1.165, 1.54) is 24.3 Å². The van der Waals surface area contributed by atoms with E-state index in [2.05, 4.69) is 0 Å². The monoisotopic (exact) mass is 356 g/mol. The second kappa shape index (κ2) is 7.64. The molecule has 0 amide bonds. The topological polar surface area (TPSA) is 105 Å². The number of benzene rings is 2. The van der Waals surface area contributed by atoms with Crippen LogP contribution in [0.15, 0.2) is 60.7 Å². The van der Waals surface area contributed by atoms with Crippen molar-refractivity contribution < 1.29 is 19.3 Å². The summed E-state index contributed by atoms with van der Waals surface area (Å²) < 4.78 is 11.7. The average molecular weight is 356 g/mol. The SMILES string of the molecule is O=[N+]([O-])c1ccccc1O[C@H]1C=CCC[C@@H]1Oc1ccccc1[N+](=O)[O-]. The second-order valence-corrected chi connectivity index (χ2v) is 5.69. The minimum Gasteiger partial charge on any atom is -0.479 e. The summed E-state index contributed by atoms with van der Waals surface area (Å²) in [5.41, 5.74) is -0.276. The van der Waals surface area contributed by atoms with Crippen molar-refractivity contribution in [2.45, 2.75) is 25.0 Å². The molecule has 0 bridgehead atoms. The molecule has 0 saturated heterocycles. The predicted molar refractivity (Wildman–Crippen MR) is 93.4 cm³/mol. The van der Waals surface area contributed by atoms with Gasteiger partial charge in [0, 0.05) is 12.1 Å². The van der Waals surface area contributed by atoms with Crippen LogP contribution < -0.4 is 9.47 Å². The van der Waals surface area contributed by atoms with Crippen molar-refractivity contribution in [1.29, 1.82) is 0 Å². The highest BCUT2D eigenvalue weighted by Gasteiger charge is 2.29. The molecule has 26 heavy (non-hydrogen) atoms. The zero-order chi connectivity index (χ0) is 18.5. The smallest absolute Gasteiger partial charge is 0.310 e. The lowest BCUT2D eigenvalue weighted by molar-refractivity contribution is -0.386. The first-order valence-corrected chi connectivity index (χ1v) is 8.03. The molecular formula is C18H16N2O6. The maximum Gasteiger partial charge on any atom is 0.310 e. The van der Waals surface area contributed by atoms with E-state index in [1.807, 2.05) is 6.08 Å². The van der Waals surface area contributed by atoms with Gasteiger partial charge in [-0.1, -0.05) is 30.3 Å². The van der Waals surface area contributed by atoms with Gasteiger partial charge in [-0.2, -0.15) is 0 Å². The number of rotatable bonds is 6. The van der Waals surface area contributed by atoms with Gasteiger partial charge < -0.3 is 9.47 Å². The van der Waals surface area contributed by atoms with E-state index in [4.69, 9.17) is 9.47 Å². The summed E-state index contributed by atoms with van der Waals surface area (Å²) in [6, 6.07) is 12.2. The molecule has 0 aliphatic heterocycles. The summed E-state index contributed by atoms with van der Waals surface area (Å²) in [6.45, 7) is 0. The Balaban J connectivity index is 1.84. The van der Waals surface area contributed by atoms with E-state index in [9.17, 15) is 20.2 Å². The van der Waals surface area contributed by atoms with E-state index in [0.717, 1.165) is 6.42 Å². The maximum atomic E-state index is 11.2. The number of nitro benzene ring substituents is 2. The fraction of sp³-hybridized carbons (Fsp3) is 0.222. The summed E-state index contributed by atoms with van der Waals surface area (Å²) in [6.07, 6.45) is 3.87. The van der Waals surface area contributed by atoms with E-state index in [0.29, 0.717) is 6.42 Å². The predicted octanol–water partition coefficient (Wildman–Crippen LogP) is 4.05. The molecule has 8 heteroatoms. The molecule has 134 valence electrons. The molecular weight excluding hydrogens is 340 g/mol. The van der Waals surface area contributed by atoms with Crippen molar-refractivity contribution in [3.63, 3.8) is 0 Å². The van der Waals surface area contributed by atoms with Gasteiger partial charge in [0.2, 0.25) is 0 Å². The van der Waals surface area contributed by atoms with Gasteiger partial charge >= 0.3 is 11.4 Å². The van der Waals surface area contributed by atoms with Crippen LogP contribution in [0.25, 0.3) is 0 Å². The Morgan fingerprint density at radius 1 is 0.846 bits per heavy atom. The number of ether oxygens (including phenoxy) is 2. The number of nitro groups is 2. The van der Waals surface area contributed by atoms with Crippen LogP contribution in [-0.4, -0.2) is 22.1 Å². The molecule has 0 spiro atoms. The third-order valence-corrected chi connectivity index (χ3v) is 3.98. The molecule has 0 unspecified atom stereocenters. The number of para-hydroxylation sites is 4. The largest absolute Gasteiger partial charge is 0.479 e. The fourth-order valence-electron chi connectivity index (χ4n) is 2.75. The van der Waals surface area contributed by atoms with Crippen LogP contribution in [0.3, 0.4) is 0 Å². The van der Waals surface area contributed by atoms with Crippen LogP contribution in [0.4, 0.5) is 11.4 Å². The average Bonchev–Trinajstić information content (AvgIpc) is 2.64. The van der Waals surface area contributed by atoms with Crippen LogP contribution in [0.1, 0.15) is 12.8 Å². The zero-order valence-corrected chi connectivity index (χ0v) is 13.7. The number of nitrogens with zero attached hydrogens (tertiary/aromatic N) is 2. The summed E-state index contributed by atoms with van der Waals surface area (Å²) in [7, 11) is 0. The Morgan fingerprint density at radius 2 is 1.38 bits per heavy atom. The minimum absolute atomic E-state index is 0.130. The summed E-state index contributed by atoms with van der Waals surface area (Å²) in [5.74, 6) is 0.277. The zero-order valence-electron chi connectivity index (χ0n) is 13.7. The second-order valence-electron chi connectivity index (χ2n) is 5.69. The van der Waals surface area contributed by atoms with Gasteiger partial charge in [0.05, 0.1) is 9.85 Å². The van der Waals surface area contributed by atoms with Crippen LogP contribution >= 0.6 is 0 Å². The van der Waals surface area contributed by atoms with E-state index < -0.39 is 22.1 Å². The number of hydrogen-bond donors (Lipinski definition) is 0. The quantitative estimate of drug-likeness (QED) is 0.439. The van der Waals surface area contributed by atoms with Crippen LogP contribution in [-0.2, 0) is 0 Å². The van der Waals surface area contributed by atoms with Gasteiger partial charge in [-0.05, 0) is 31.1 Å². The van der Waals surface area contributed by atoms with Crippen LogP contribution in [0.5, 0.6) is 11.5 Å². The third-order valence-electron chi connectivity index (χ3n) is 3.98. The molecule has 8 nitrogen and oxygen atoms in total. The van der Waals surface area contributed by atoms with Crippen LogP contribution in [0, 0.1) is 20.2 Å². The summed E-state index contributed by atoms with van der Waals surface area (Å²) in [4.78, 5) is 21.3. The molecule has 1 aliphatic carbocycles. The Labute approximate surface area is 149 Å². The Kier molecular flexibility index (Phi) is 5.12. The molecule has 3 rings (SSSR count). The highest BCUT2D eigenvalue weighted by Crippen LogP contribution is 2.32. The highest BCUT2D eigenvalue weighted by atomic mass is 16.6.